The Hall–Kier alpha value is -1.44. The molecule has 0 saturated carbocycles. The lowest BCUT2D eigenvalue weighted by molar-refractivity contribution is -0.139. The average Bonchev–Trinajstić information content (AvgIpc) is 2.14. The molecule has 1 heterocycles. The summed E-state index contributed by atoms with van der Waals surface area (Å²) in [6, 6.07) is 0.615. The molecule has 0 radical (unpaired) electrons. The highest BCUT2D eigenvalue weighted by atomic mass is 19.4. The van der Waals surface area contributed by atoms with E-state index in [1.54, 1.807) is 0 Å². The zero-order valence-electron chi connectivity index (χ0n) is 7.85. The van der Waals surface area contributed by atoms with Gasteiger partial charge >= 0.3 is 6.18 Å². The molecule has 1 aromatic rings. The molecule has 16 heavy (non-hydrogen) atoms. The summed E-state index contributed by atoms with van der Waals surface area (Å²) in [5.41, 5.74) is 7.20. The van der Waals surface area contributed by atoms with E-state index in [1.165, 1.54) is 0 Å². The standard InChI is InChI=1S/C8H8F5N3/c9-6(10)4-1-3(2-14)16-7(15)5(4)8(11,12)13/h1,6H,2,14H2,(H2,15,16). The lowest BCUT2D eigenvalue weighted by atomic mass is 10.1. The van der Waals surface area contributed by atoms with E-state index in [4.69, 9.17) is 11.5 Å². The lowest BCUT2D eigenvalue weighted by Crippen LogP contribution is -2.16. The second-order valence-corrected chi connectivity index (χ2v) is 2.97. The molecular formula is C8H8F5N3. The van der Waals surface area contributed by atoms with Crippen LogP contribution < -0.4 is 11.5 Å². The van der Waals surface area contributed by atoms with Gasteiger partial charge in [-0.15, -0.1) is 0 Å². The third-order valence-corrected chi connectivity index (χ3v) is 1.86. The van der Waals surface area contributed by atoms with Crippen LogP contribution in [0.2, 0.25) is 0 Å². The molecular weight excluding hydrogens is 233 g/mol. The number of alkyl halides is 5. The fraction of sp³-hybridized carbons (Fsp3) is 0.375. The summed E-state index contributed by atoms with van der Waals surface area (Å²) in [5.74, 6) is -0.981. The summed E-state index contributed by atoms with van der Waals surface area (Å²) in [5, 5.41) is 0. The predicted molar refractivity (Wildman–Crippen MR) is 46.5 cm³/mol. The van der Waals surface area contributed by atoms with Crippen molar-refractivity contribution in [1.29, 1.82) is 0 Å². The van der Waals surface area contributed by atoms with E-state index in [-0.39, 0.29) is 12.2 Å². The molecule has 0 spiro atoms. The minimum Gasteiger partial charge on any atom is -0.383 e. The first-order valence-electron chi connectivity index (χ1n) is 4.12. The van der Waals surface area contributed by atoms with Crippen molar-refractivity contribution in [3.8, 4) is 0 Å². The van der Waals surface area contributed by atoms with Crippen LogP contribution in [-0.2, 0) is 12.7 Å². The molecule has 4 N–H and O–H groups in total. The van der Waals surface area contributed by atoms with Gasteiger partial charge in [0.15, 0.2) is 0 Å². The molecule has 0 fully saturated rings. The predicted octanol–water partition coefficient (Wildman–Crippen LogP) is 2.08. The van der Waals surface area contributed by atoms with Gasteiger partial charge in [0.1, 0.15) is 11.4 Å². The number of aromatic nitrogens is 1. The van der Waals surface area contributed by atoms with Crippen molar-refractivity contribution >= 4 is 5.82 Å². The van der Waals surface area contributed by atoms with Gasteiger partial charge in [-0.25, -0.2) is 13.8 Å². The maximum absolute atomic E-state index is 12.4. The molecule has 0 atom stereocenters. The Bertz CT molecular complexity index is 388. The molecule has 1 rings (SSSR count). The normalized spacial score (nSPS) is 12.2. The molecule has 1 aromatic heterocycles. The van der Waals surface area contributed by atoms with Crippen LogP contribution in [-0.4, -0.2) is 4.98 Å². The SMILES string of the molecule is NCc1cc(C(F)F)c(C(F)(F)F)c(N)n1. The molecule has 0 amide bonds. The first-order chi connectivity index (χ1) is 7.27. The summed E-state index contributed by atoms with van der Waals surface area (Å²) in [6.07, 6.45) is -8.25. The summed E-state index contributed by atoms with van der Waals surface area (Å²) in [7, 11) is 0. The highest BCUT2D eigenvalue weighted by molar-refractivity contribution is 5.48. The molecule has 0 aromatic carbocycles. The van der Waals surface area contributed by atoms with E-state index in [1.807, 2.05) is 0 Å². The number of nitrogen functional groups attached to an aromatic ring is 1. The first-order valence-corrected chi connectivity index (χ1v) is 4.12. The Kier molecular flexibility index (Phi) is 3.32. The van der Waals surface area contributed by atoms with E-state index in [9.17, 15) is 22.0 Å². The zero-order chi connectivity index (χ0) is 12.5. The van der Waals surface area contributed by atoms with E-state index in [0.29, 0.717) is 6.07 Å². The van der Waals surface area contributed by atoms with Gasteiger partial charge in [-0.2, -0.15) is 13.2 Å². The van der Waals surface area contributed by atoms with Gasteiger partial charge in [-0.3, -0.25) is 0 Å². The van der Waals surface area contributed by atoms with Crippen molar-refractivity contribution in [1.82, 2.24) is 4.98 Å². The summed E-state index contributed by atoms with van der Waals surface area (Å²) >= 11 is 0. The summed E-state index contributed by atoms with van der Waals surface area (Å²) in [6.45, 7) is -0.262. The number of rotatable bonds is 2. The zero-order valence-corrected chi connectivity index (χ0v) is 7.85. The quantitative estimate of drug-likeness (QED) is 0.779. The molecule has 0 saturated heterocycles. The molecule has 8 heteroatoms. The van der Waals surface area contributed by atoms with Gasteiger partial charge in [0.05, 0.1) is 5.69 Å². The number of halogens is 5. The Morgan fingerprint density at radius 1 is 1.31 bits per heavy atom. The third kappa shape index (κ3) is 2.38. The molecule has 0 bridgehead atoms. The molecule has 0 aliphatic carbocycles. The van der Waals surface area contributed by atoms with Crippen molar-refractivity contribution in [2.75, 3.05) is 5.73 Å². The number of hydrogen-bond acceptors (Lipinski definition) is 3. The third-order valence-electron chi connectivity index (χ3n) is 1.86. The van der Waals surface area contributed by atoms with Crippen LogP contribution in [0.15, 0.2) is 6.07 Å². The molecule has 0 unspecified atom stereocenters. The maximum atomic E-state index is 12.4. The van der Waals surface area contributed by atoms with Crippen molar-refractivity contribution in [3.05, 3.63) is 22.9 Å². The fourth-order valence-electron chi connectivity index (χ4n) is 1.23. The fourth-order valence-corrected chi connectivity index (χ4v) is 1.23. The number of pyridine rings is 1. The van der Waals surface area contributed by atoms with Crippen LogP contribution in [0.5, 0.6) is 0 Å². The van der Waals surface area contributed by atoms with Crippen molar-refractivity contribution in [2.24, 2.45) is 5.73 Å². The van der Waals surface area contributed by atoms with Crippen molar-refractivity contribution in [3.63, 3.8) is 0 Å². The van der Waals surface area contributed by atoms with Gasteiger partial charge in [0.25, 0.3) is 6.43 Å². The van der Waals surface area contributed by atoms with Crippen LogP contribution in [0.1, 0.15) is 23.2 Å². The average molecular weight is 241 g/mol. The van der Waals surface area contributed by atoms with E-state index in [0.717, 1.165) is 0 Å². The highest BCUT2D eigenvalue weighted by Crippen LogP contribution is 2.39. The highest BCUT2D eigenvalue weighted by Gasteiger charge is 2.39. The number of hydrogen-bond donors (Lipinski definition) is 2. The van der Waals surface area contributed by atoms with Crippen molar-refractivity contribution in [2.45, 2.75) is 19.1 Å². The second kappa shape index (κ2) is 4.20. The van der Waals surface area contributed by atoms with E-state index >= 15 is 0 Å². The smallest absolute Gasteiger partial charge is 0.383 e. The Morgan fingerprint density at radius 2 is 1.88 bits per heavy atom. The topological polar surface area (TPSA) is 64.9 Å². The minimum atomic E-state index is -4.96. The summed E-state index contributed by atoms with van der Waals surface area (Å²) in [4.78, 5) is 3.30. The van der Waals surface area contributed by atoms with Crippen LogP contribution in [0, 0.1) is 0 Å². The van der Waals surface area contributed by atoms with Gasteiger partial charge in [-0.05, 0) is 6.07 Å². The van der Waals surface area contributed by atoms with Gasteiger partial charge in [0.2, 0.25) is 0 Å². The lowest BCUT2D eigenvalue weighted by Gasteiger charge is -2.15. The van der Waals surface area contributed by atoms with Crippen LogP contribution in [0.3, 0.4) is 0 Å². The Balaban J connectivity index is 3.46. The van der Waals surface area contributed by atoms with Crippen LogP contribution >= 0.6 is 0 Å². The minimum absolute atomic E-state index is 0.110. The molecule has 3 nitrogen and oxygen atoms in total. The number of nitrogens with zero attached hydrogens (tertiary/aromatic N) is 1. The number of anilines is 1. The Morgan fingerprint density at radius 3 is 2.25 bits per heavy atom. The van der Waals surface area contributed by atoms with E-state index in [2.05, 4.69) is 4.98 Å². The molecule has 90 valence electrons. The Labute approximate surface area is 87.3 Å². The largest absolute Gasteiger partial charge is 0.420 e. The first kappa shape index (κ1) is 12.6. The van der Waals surface area contributed by atoms with Gasteiger partial charge < -0.3 is 11.5 Å². The monoisotopic (exact) mass is 241 g/mol. The maximum Gasteiger partial charge on any atom is 0.420 e. The second-order valence-electron chi connectivity index (χ2n) is 2.97. The van der Waals surface area contributed by atoms with Crippen LogP contribution in [0.25, 0.3) is 0 Å². The summed E-state index contributed by atoms with van der Waals surface area (Å²) < 4.78 is 62.1. The van der Waals surface area contributed by atoms with Gasteiger partial charge in [-0.1, -0.05) is 0 Å². The van der Waals surface area contributed by atoms with Gasteiger partial charge in [0, 0.05) is 12.1 Å². The molecule has 0 aliphatic rings. The van der Waals surface area contributed by atoms with E-state index < -0.39 is 29.5 Å². The molecule has 0 aliphatic heterocycles. The van der Waals surface area contributed by atoms with Crippen LogP contribution in [0.4, 0.5) is 27.8 Å². The number of nitrogens with two attached hydrogens (primary N) is 2. The van der Waals surface area contributed by atoms with Crippen molar-refractivity contribution < 1.29 is 22.0 Å².